The topological polar surface area (TPSA) is 67.4 Å². The van der Waals surface area contributed by atoms with Crippen LogP contribution < -0.4 is 33.7 Å². The number of rotatable bonds is 10. The van der Waals surface area contributed by atoms with Gasteiger partial charge in [-0.3, -0.25) is 0 Å². The zero-order valence-corrected chi connectivity index (χ0v) is 22.0. The van der Waals surface area contributed by atoms with Crippen LogP contribution in [0.4, 0.5) is 5.69 Å². The van der Waals surface area contributed by atoms with Gasteiger partial charge in [0, 0.05) is 29.9 Å². The molecule has 5 rings (SSSR count). The first-order valence-corrected chi connectivity index (χ1v) is 12.3. The second kappa shape index (κ2) is 11.3. The van der Waals surface area contributed by atoms with Crippen LogP contribution in [0.2, 0.25) is 0 Å². The summed E-state index contributed by atoms with van der Waals surface area (Å²) in [6, 6.07) is 23.8. The van der Waals surface area contributed by atoms with Crippen molar-refractivity contribution >= 4 is 5.69 Å². The minimum absolute atomic E-state index is 0.315. The van der Waals surface area contributed by atoms with E-state index < -0.39 is 0 Å². The van der Waals surface area contributed by atoms with Crippen molar-refractivity contribution in [2.75, 3.05) is 33.8 Å². The Morgan fingerprint density at radius 1 is 0.579 bits per heavy atom. The molecule has 0 aromatic heterocycles. The quantitative estimate of drug-likeness (QED) is 0.261. The van der Waals surface area contributed by atoms with Gasteiger partial charge in [0.1, 0.15) is 36.2 Å². The summed E-state index contributed by atoms with van der Waals surface area (Å²) >= 11 is 0. The van der Waals surface area contributed by atoms with Crippen molar-refractivity contribution in [2.24, 2.45) is 0 Å². The lowest BCUT2D eigenvalue weighted by atomic mass is 9.94. The van der Waals surface area contributed by atoms with Crippen molar-refractivity contribution in [3.8, 4) is 45.6 Å². The van der Waals surface area contributed by atoms with Gasteiger partial charge in [-0.1, -0.05) is 18.2 Å². The Morgan fingerprint density at radius 2 is 1.08 bits per heavy atom. The largest absolute Gasteiger partial charge is 0.497 e. The van der Waals surface area contributed by atoms with Crippen molar-refractivity contribution in [3.05, 3.63) is 89.5 Å². The number of para-hydroxylation sites is 1. The van der Waals surface area contributed by atoms with Crippen molar-refractivity contribution in [3.63, 3.8) is 0 Å². The van der Waals surface area contributed by atoms with Gasteiger partial charge in [-0.2, -0.15) is 0 Å². The van der Waals surface area contributed by atoms with Crippen LogP contribution in [0.1, 0.15) is 16.7 Å². The van der Waals surface area contributed by atoms with Crippen molar-refractivity contribution in [2.45, 2.75) is 19.8 Å². The molecule has 4 aromatic carbocycles. The molecule has 1 aliphatic rings. The van der Waals surface area contributed by atoms with Crippen LogP contribution in [0.25, 0.3) is 11.1 Å². The normalized spacial score (nSPS) is 11.5. The molecule has 7 heteroatoms. The maximum atomic E-state index is 6.38. The summed E-state index contributed by atoms with van der Waals surface area (Å²) in [6.45, 7) is 1.33. The number of fused-ring (bicyclic) bond motifs is 3. The predicted molar refractivity (Wildman–Crippen MR) is 147 cm³/mol. The molecule has 196 valence electrons. The minimum atomic E-state index is 0.315. The molecule has 0 saturated carbocycles. The maximum Gasteiger partial charge on any atom is 0.162 e. The van der Waals surface area contributed by atoms with Crippen LogP contribution >= 0.6 is 0 Å². The molecule has 38 heavy (non-hydrogen) atoms. The summed E-state index contributed by atoms with van der Waals surface area (Å²) in [5.74, 6) is 4.13. The molecule has 7 nitrogen and oxygen atoms in total. The van der Waals surface area contributed by atoms with Gasteiger partial charge in [-0.15, -0.1) is 0 Å². The molecule has 0 bridgehead atoms. The second-order valence-electron chi connectivity index (χ2n) is 8.87. The molecule has 0 fully saturated rings. The van der Waals surface area contributed by atoms with E-state index in [9.17, 15) is 0 Å². The Morgan fingerprint density at radius 3 is 1.61 bits per heavy atom. The van der Waals surface area contributed by atoms with E-state index in [0.29, 0.717) is 54.3 Å². The Kier molecular flexibility index (Phi) is 7.45. The molecule has 4 aromatic rings. The van der Waals surface area contributed by atoms with Gasteiger partial charge in [0.2, 0.25) is 0 Å². The SMILES string of the molecule is COc1cc(COc2cc3c(cc2OCc2cc(OC)cc(OC)c2)-c2ccccc2NC3)cc(OC)c1. The maximum absolute atomic E-state index is 6.38. The van der Waals surface area contributed by atoms with Crippen LogP contribution in [-0.2, 0) is 19.8 Å². The molecule has 0 amide bonds. The molecule has 0 radical (unpaired) electrons. The molecular formula is C31H31NO6. The zero-order valence-electron chi connectivity index (χ0n) is 22.0. The number of nitrogens with one attached hydrogen (secondary N) is 1. The fourth-order valence-electron chi connectivity index (χ4n) is 4.51. The Labute approximate surface area is 222 Å². The highest BCUT2D eigenvalue weighted by Gasteiger charge is 2.20. The van der Waals surface area contributed by atoms with E-state index in [1.54, 1.807) is 28.4 Å². The van der Waals surface area contributed by atoms with Gasteiger partial charge in [0.15, 0.2) is 11.5 Å². The summed E-state index contributed by atoms with van der Waals surface area (Å²) < 4.78 is 34.4. The monoisotopic (exact) mass is 513 g/mol. The Bertz CT molecular complexity index is 1390. The summed E-state index contributed by atoms with van der Waals surface area (Å²) in [5, 5.41) is 3.50. The van der Waals surface area contributed by atoms with Crippen LogP contribution in [-0.4, -0.2) is 28.4 Å². The first kappa shape index (κ1) is 25.1. The van der Waals surface area contributed by atoms with Crippen LogP contribution in [0, 0.1) is 0 Å². The third kappa shape index (κ3) is 5.42. The van der Waals surface area contributed by atoms with Gasteiger partial charge in [0.05, 0.1) is 28.4 Å². The first-order chi connectivity index (χ1) is 18.6. The summed E-state index contributed by atoms with van der Waals surface area (Å²) in [5.41, 5.74) is 6.33. The smallest absolute Gasteiger partial charge is 0.162 e. The minimum Gasteiger partial charge on any atom is -0.497 e. The number of hydrogen-bond acceptors (Lipinski definition) is 7. The molecule has 0 atom stereocenters. The standard InChI is InChI=1S/C31H31NO6/c1-33-23-9-20(10-24(14-23)34-2)18-37-30-13-22-17-32-29-8-6-5-7-27(29)28(22)16-31(30)38-19-21-11-25(35-3)15-26(12-21)36-4/h5-16,32H,17-19H2,1-4H3. The van der Waals surface area contributed by atoms with E-state index in [1.807, 2.05) is 48.5 Å². The third-order valence-corrected chi connectivity index (χ3v) is 6.47. The van der Waals surface area contributed by atoms with Gasteiger partial charge in [-0.25, -0.2) is 0 Å². The van der Waals surface area contributed by atoms with Gasteiger partial charge in [-0.05, 0) is 64.7 Å². The lowest BCUT2D eigenvalue weighted by Crippen LogP contribution is -2.10. The second-order valence-corrected chi connectivity index (χ2v) is 8.87. The molecule has 1 N–H and O–H groups in total. The molecule has 0 spiro atoms. The van der Waals surface area contributed by atoms with E-state index in [0.717, 1.165) is 33.5 Å². The van der Waals surface area contributed by atoms with E-state index in [2.05, 4.69) is 29.6 Å². The van der Waals surface area contributed by atoms with E-state index >= 15 is 0 Å². The van der Waals surface area contributed by atoms with Crippen LogP contribution in [0.3, 0.4) is 0 Å². The van der Waals surface area contributed by atoms with Gasteiger partial charge >= 0.3 is 0 Å². The highest BCUT2D eigenvalue weighted by molar-refractivity contribution is 5.84. The summed E-state index contributed by atoms with van der Waals surface area (Å²) in [4.78, 5) is 0. The molecule has 0 unspecified atom stereocenters. The lowest BCUT2D eigenvalue weighted by Gasteiger charge is -2.24. The number of methoxy groups -OCH3 is 4. The average Bonchev–Trinajstić information content (AvgIpc) is 2.98. The summed E-state index contributed by atoms with van der Waals surface area (Å²) in [7, 11) is 6.53. The van der Waals surface area contributed by atoms with E-state index in [-0.39, 0.29) is 0 Å². The summed E-state index contributed by atoms with van der Waals surface area (Å²) in [6.07, 6.45) is 0. The lowest BCUT2D eigenvalue weighted by molar-refractivity contribution is 0.254. The number of benzene rings is 4. The molecule has 0 saturated heterocycles. The zero-order chi connectivity index (χ0) is 26.5. The number of anilines is 1. The van der Waals surface area contributed by atoms with Crippen LogP contribution in [0.5, 0.6) is 34.5 Å². The van der Waals surface area contributed by atoms with Crippen molar-refractivity contribution in [1.82, 2.24) is 0 Å². The third-order valence-electron chi connectivity index (χ3n) is 6.47. The fraction of sp³-hybridized carbons (Fsp3) is 0.226. The molecule has 1 aliphatic heterocycles. The number of hydrogen-bond donors (Lipinski definition) is 1. The van der Waals surface area contributed by atoms with E-state index in [4.69, 9.17) is 28.4 Å². The first-order valence-electron chi connectivity index (χ1n) is 12.3. The van der Waals surface area contributed by atoms with Crippen molar-refractivity contribution in [1.29, 1.82) is 0 Å². The fourth-order valence-corrected chi connectivity index (χ4v) is 4.51. The van der Waals surface area contributed by atoms with Crippen molar-refractivity contribution < 1.29 is 28.4 Å². The number of ether oxygens (including phenoxy) is 6. The average molecular weight is 514 g/mol. The van der Waals surface area contributed by atoms with Gasteiger partial charge < -0.3 is 33.7 Å². The van der Waals surface area contributed by atoms with Crippen LogP contribution in [0.15, 0.2) is 72.8 Å². The highest BCUT2D eigenvalue weighted by Crippen LogP contribution is 2.42. The Hall–Kier alpha value is -4.52. The molecule has 0 aliphatic carbocycles. The Balaban J connectivity index is 1.47. The van der Waals surface area contributed by atoms with E-state index in [1.165, 1.54) is 0 Å². The predicted octanol–water partition coefficient (Wildman–Crippen LogP) is 6.47. The molecular weight excluding hydrogens is 482 g/mol. The highest BCUT2D eigenvalue weighted by atomic mass is 16.5. The molecule has 1 heterocycles. The van der Waals surface area contributed by atoms with Gasteiger partial charge in [0.25, 0.3) is 0 Å².